The van der Waals surface area contributed by atoms with E-state index in [9.17, 15) is 9.90 Å². The number of benzene rings is 2. The summed E-state index contributed by atoms with van der Waals surface area (Å²) in [7, 11) is 0. The zero-order chi connectivity index (χ0) is 19.8. The first-order valence-electron chi connectivity index (χ1n) is 9.62. The molecule has 1 atom stereocenters. The van der Waals surface area contributed by atoms with E-state index in [1.54, 1.807) is 23.3 Å². The first-order valence-corrected chi connectivity index (χ1v) is 11.3. The molecule has 3 aromatic rings. The van der Waals surface area contributed by atoms with E-state index in [2.05, 4.69) is 27.5 Å². The molecule has 0 saturated carbocycles. The Morgan fingerprint density at radius 3 is 2.59 bits per heavy atom. The Morgan fingerprint density at radius 1 is 1.10 bits per heavy atom. The van der Waals surface area contributed by atoms with Gasteiger partial charge in [-0.25, -0.2) is 9.29 Å². The highest BCUT2D eigenvalue weighted by atomic mass is 32.2. The van der Waals surface area contributed by atoms with Crippen molar-refractivity contribution in [2.24, 2.45) is 0 Å². The van der Waals surface area contributed by atoms with Crippen LogP contribution in [0.4, 0.5) is 0 Å². The number of rotatable bonds is 5. The maximum Gasteiger partial charge on any atom is 0.233 e. The van der Waals surface area contributed by atoms with Gasteiger partial charge < -0.3 is 10.0 Å². The molecule has 0 radical (unpaired) electrons. The molecule has 1 amide bonds. The number of nitrogens with zero attached hydrogens (tertiary/aromatic N) is 3. The third-order valence-corrected chi connectivity index (χ3v) is 7.30. The van der Waals surface area contributed by atoms with Crippen molar-refractivity contribution in [1.29, 1.82) is 0 Å². The van der Waals surface area contributed by atoms with Crippen LogP contribution in [0.2, 0.25) is 0 Å². The predicted octanol–water partition coefficient (Wildman–Crippen LogP) is 3.53. The van der Waals surface area contributed by atoms with Crippen LogP contribution < -0.4 is 0 Å². The van der Waals surface area contributed by atoms with Crippen LogP contribution in [0.15, 0.2) is 70.1 Å². The molecule has 148 valence electrons. The second-order valence-electron chi connectivity index (χ2n) is 7.42. The van der Waals surface area contributed by atoms with Crippen molar-refractivity contribution in [3.63, 3.8) is 0 Å². The molecule has 0 unspecified atom stereocenters. The Bertz CT molecular complexity index is 1060. The average molecular weight is 424 g/mol. The lowest BCUT2D eigenvalue weighted by molar-refractivity contribution is -0.132. The van der Waals surface area contributed by atoms with Crippen molar-refractivity contribution in [2.45, 2.75) is 10.8 Å². The Morgan fingerprint density at radius 2 is 1.86 bits per heavy atom. The number of hydrogen-bond acceptors (Lipinski definition) is 6. The minimum Gasteiger partial charge on any atom is -0.395 e. The fraction of sp³-hybridized carbons (Fsp3) is 0.273. The molecule has 2 aliphatic heterocycles. The number of carbonyl (C=O) groups excluding carboxylic acids is 1. The summed E-state index contributed by atoms with van der Waals surface area (Å²) in [5.74, 6) is -0.462. The number of amides is 1. The van der Waals surface area contributed by atoms with E-state index in [4.69, 9.17) is 0 Å². The zero-order valence-corrected chi connectivity index (χ0v) is 17.5. The largest absolute Gasteiger partial charge is 0.395 e. The Hall–Kier alpha value is -2.19. The summed E-state index contributed by atoms with van der Waals surface area (Å²) in [6.07, 6.45) is 0. The zero-order valence-electron chi connectivity index (χ0n) is 15.8. The summed E-state index contributed by atoms with van der Waals surface area (Å²) in [5.41, 5.74) is 6.49. The molecule has 1 aromatic heterocycles. The summed E-state index contributed by atoms with van der Waals surface area (Å²) in [5, 5.41) is 9.80. The quantitative estimate of drug-likeness (QED) is 0.503. The van der Waals surface area contributed by atoms with Crippen molar-refractivity contribution in [3.05, 3.63) is 70.8 Å². The predicted molar refractivity (Wildman–Crippen MR) is 117 cm³/mol. The number of carbonyl (C=O) groups is 1. The number of aromatic nitrogens is 1. The van der Waals surface area contributed by atoms with Gasteiger partial charge in [-0.15, -0.1) is 11.3 Å². The SMILES string of the molecule is O=C([C@@H](CO)c1ccccc1)N1CC2=C(CN(Sc3ccc4ncsc4c3)C2)C1. The van der Waals surface area contributed by atoms with Crippen molar-refractivity contribution < 1.29 is 9.90 Å². The molecular weight excluding hydrogens is 402 g/mol. The fourth-order valence-electron chi connectivity index (χ4n) is 4.04. The molecule has 2 aromatic carbocycles. The molecule has 0 bridgehead atoms. The molecule has 0 aliphatic carbocycles. The second-order valence-corrected chi connectivity index (χ2v) is 9.48. The third-order valence-electron chi connectivity index (χ3n) is 5.53. The van der Waals surface area contributed by atoms with Gasteiger partial charge in [0.1, 0.15) is 0 Å². The van der Waals surface area contributed by atoms with Crippen LogP contribution in [0.5, 0.6) is 0 Å². The van der Waals surface area contributed by atoms with E-state index in [0.29, 0.717) is 13.1 Å². The Labute approximate surface area is 177 Å². The number of aliphatic hydroxyl groups excluding tert-OH is 1. The van der Waals surface area contributed by atoms with Gasteiger partial charge in [-0.05, 0) is 46.9 Å². The molecule has 5 rings (SSSR count). The highest BCUT2D eigenvalue weighted by Crippen LogP contribution is 2.35. The summed E-state index contributed by atoms with van der Waals surface area (Å²) in [4.78, 5) is 20.4. The molecule has 0 saturated heterocycles. The summed E-state index contributed by atoms with van der Waals surface area (Å²) < 4.78 is 3.57. The van der Waals surface area contributed by atoms with Gasteiger partial charge in [-0.3, -0.25) is 4.79 Å². The monoisotopic (exact) mass is 423 g/mol. The van der Waals surface area contributed by atoms with Crippen molar-refractivity contribution in [2.75, 3.05) is 32.8 Å². The molecule has 0 spiro atoms. The van der Waals surface area contributed by atoms with Gasteiger partial charge in [0.25, 0.3) is 0 Å². The molecule has 29 heavy (non-hydrogen) atoms. The minimum absolute atomic E-state index is 0.0166. The normalized spacial score (nSPS) is 17.9. The van der Waals surface area contributed by atoms with Crippen LogP contribution in [0.1, 0.15) is 11.5 Å². The fourth-order valence-corrected chi connectivity index (χ4v) is 5.87. The molecule has 2 aliphatic rings. The molecular formula is C22H21N3O2S2. The van der Waals surface area contributed by atoms with E-state index in [1.807, 2.05) is 40.7 Å². The molecule has 3 heterocycles. The van der Waals surface area contributed by atoms with Gasteiger partial charge in [0, 0.05) is 31.1 Å². The Kier molecular flexibility index (Phi) is 5.13. The van der Waals surface area contributed by atoms with Crippen LogP contribution in [0, 0.1) is 0 Å². The molecule has 5 nitrogen and oxygen atoms in total. The minimum atomic E-state index is -0.479. The van der Waals surface area contributed by atoms with Gasteiger partial charge in [0.05, 0.1) is 28.3 Å². The maximum absolute atomic E-state index is 13.0. The lowest BCUT2D eigenvalue weighted by atomic mass is 9.98. The van der Waals surface area contributed by atoms with Gasteiger partial charge in [-0.2, -0.15) is 0 Å². The number of thiazole rings is 1. The van der Waals surface area contributed by atoms with Crippen molar-refractivity contribution in [3.8, 4) is 0 Å². The molecule has 7 heteroatoms. The highest BCUT2D eigenvalue weighted by molar-refractivity contribution is 7.97. The number of hydrogen-bond donors (Lipinski definition) is 1. The first kappa shape index (κ1) is 18.8. The summed E-state index contributed by atoms with van der Waals surface area (Å²) in [6, 6.07) is 16.0. The topological polar surface area (TPSA) is 56.7 Å². The first-order chi connectivity index (χ1) is 14.2. The standard InChI is InChI=1S/C22H21N3O2S2/c26-13-19(15-4-2-1-3-5-15)22(27)24-9-16-11-25(12-17(16)10-24)29-18-6-7-20-21(8-18)28-14-23-20/h1-8,14,19,26H,9-13H2/t19-/m0/s1. The van der Waals surface area contributed by atoms with Crippen molar-refractivity contribution in [1.82, 2.24) is 14.2 Å². The van der Waals surface area contributed by atoms with E-state index >= 15 is 0 Å². The second kappa shape index (κ2) is 7.91. The average Bonchev–Trinajstić information content (AvgIpc) is 3.43. The van der Waals surface area contributed by atoms with E-state index in [1.165, 1.54) is 20.7 Å². The smallest absolute Gasteiger partial charge is 0.233 e. The Balaban J connectivity index is 1.21. The van der Waals surface area contributed by atoms with Crippen molar-refractivity contribution >= 4 is 39.4 Å². The summed E-state index contributed by atoms with van der Waals surface area (Å²) >= 11 is 3.44. The lowest BCUT2D eigenvalue weighted by Gasteiger charge is -2.25. The van der Waals surface area contributed by atoms with Gasteiger partial charge in [-0.1, -0.05) is 30.3 Å². The maximum atomic E-state index is 13.0. The van der Waals surface area contributed by atoms with Crippen LogP contribution in [-0.4, -0.2) is 58.0 Å². The van der Waals surface area contributed by atoms with Gasteiger partial charge in [0.2, 0.25) is 5.91 Å². The van der Waals surface area contributed by atoms with E-state index < -0.39 is 5.92 Å². The van der Waals surface area contributed by atoms with Crippen LogP contribution in [0.3, 0.4) is 0 Å². The highest BCUT2D eigenvalue weighted by Gasteiger charge is 2.35. The van der Waals surface area contributed by atoms with Crippen LogP contribution >= 0.6 is 23.3 Å². The van der Waals surface area contributed by atoms with E-state index in [0.717, 1.165) is 24.2 Å². The van der Waals surface area contributed by atoms with Crippen LogP contribution in [0.25, 0.3) is 10.2 Å². The van der Waals surface area contributed by atoms with Gasteiger partial charge in [0.15, 0.2) is 0 Å². The van der Waals surface area contributed by atoms with E-state index in [-0.39, 0.29) is 12.5 Å². The molecule has 0 fully saturated rings. The van der Waals surface area contributed by atoms with Crippen LogP contribution in [-0.2, 0) is 4.79 Å². The third kappa shape index (κ3) is 3.71. The summed E-state index contributed by atoms with van der Waals surface area (Å²) in [6.45, 7) is 2.93. The number of fused-ring (bicyclic) bond motifs is 1. The van der Waals surface area contributed by atoms with Gasteiger partial charge >= 0.3 is 0 Å². The lowest BCUT2D eigenvalue weighted by Crippen LogP contribution is -2.37. The molecule has 1 N–H and O–H groups in total. The number of aliphatic hydroxyl groups is 1.